The van der Waals surface area contributed by atoms with E-state index in [4.69, 9.17) is 0 Å². The molecule has 3 nitrogen and oxygen atoms in total. The van der Waals surface area contributed by atoms with Crippen molar-refractivity contribution >= 4 is 16.9 Å². The number of rotatable bonds is 6. The van der Waals surface area contributed by atoms with Crippen molar-refractivity contribution in [1.29, 1.82) is 0 Å². The van der Waals surface area contributed by atoms with E-state index in [1.54, 1.807) is 6.07 Å². The number of fused-ring (bicyclic) bond motifs is 1. The predicted molar refractivity (Wildman–Crippen MR) is 87.3 cm³/mol. The molecular formula is C18H25NO2. The number of aromatic nitrogens is 1. The maximum absolute atomic E-state index is 11.3. The largest absolute Gasteiger partial charge is 0.478 e. The molecule has 0 atom stereocenters. The third-order valence-electron chi connectivity index (χ3n) is 4.22. The SMILES string of the molecule is CCCCn1c(C)c(CCC)c2cc(C(=O)O)cc(C)c21. The van der Waals surface area contributed by atoms with Crippen LogP contribution in [0, 0.1) is 13.8 Å². The molecule has 0 radical (unpaired) electrons. The van der Waals surface area contributed by atoms with Gasteiger partial charge in [0.1, 0.15) is 0 Å². The van der Waals surface area contributed by atoms with Gasteiger partial charge in [-0.1, -0.05) is 26.7 Å². The zero-order chi connectivity index (χ0) is 15.6. The minimum absolute atomic E-state index is 0.394. The lowest BCUT2D eigenvalue weighted by Gasteiger charge is -2.10. The molecule has 0 aliphatic rings. The number of hydrogen-bond donors (Lipinski definition) is 1. The molecule has 0 saturated heterocycles. The average Bonchev–Trinajstić information content (AvgIpc) is 2.70. The van der Waals surface area contributed by atoms with E-state index in [1.165, 1.54) is 16.8 Å². The fraction of sp³-hybridized carbons (Fsp3) is 0.500. The lowest BCUT2D eigenvalue weighted by molar-refractivity contribution is 0.0697. The smallest absolute Gasteiger partial charge is 0.335 e. The molecule has 0 saturated carbocycles. The van der Waals surface area contributed by atoms with Crippen LogP contribution in [0.25, 0.3) is 10.9 Å². The Labute approximate surface area is 126 Å². The third kappa shape index (κ3) is 2.82. The van der Waals surface area contributed by atoms with E-state index in [-0.39, 0.29) is 0 Å². The summed E-state index contributed by atoms with van der Waals surface area (Å²) in [5.41, 5.74) is 5.28. The second-order valence-corrected chi connectivity index (χ2v) is 5.81. The van der Waals surface area contributed by atoms with Gasteiger partial charge in [-0.2, -0.15) is 0 Å². The summed E-state index contributed by atoms with van der Waals surface area (Å²) >= 11 is 0. The molecule has 0 fully saturated rings. The lowest BCUT2D eigenvalue weighted by atomic mass is 10.0. The van der Waals surface area contributed by atoms with Gasteiger partial charge in [-0.3, -0.25) is 0 Å². The monoisotopic (exact) mass is 287 g/mol. The molecule has 1 heterocycles. The van der Waals surface area contributed by atoms with E-state index in [1.807, 2.05) is 13.0 Å². The van der Waals surface area contributed by atoms with Gasteiger partial charge in [0.15, 0.2) is 0 Å². The molecule has 1 aromatic carbocycles. The van der Waals surface area contributed by atoms with Crippen LogP contribution in [0.2, 0.25) is 0 Å². The Morgan fingerprint density at radius 2 is 1.90 bits per heavy atom. The second kappa shape index (κ2) is 6.33. The molecular weight excluding hydrogens is 262 g/mol. The van der Waals surface area contributed by atoms with Crippen LogP contribution in [0.5, 0.6) is 0 Å². The Morgan fingerprint density at radius 3 is 2.48 bits per heavy atom. The van der Waals surface area contributed by atoms with Gasteiger partial charge in [0.05, 0.1) is 11.1 Å². The van der Waals surface area contributed by atoms with E-state index in [2.05, 4.69) is 25.3 Å². The van der Waals surface area contributed by atoms with Crippen LogP contribution in [0.3, 0.4) is 0 Å². The van der Waals surface area contributed by atoms with Crippen molar-refractivity contribution in [3.8, 4) is 0 Å². The highest BCUT2D eigenvalue weighted by Gasteiger charge is 2.17. The number of carboxylic acid groups (broad SMARTS) is 1. The quantitative estimate of drug-likeness (QED) is 0.836. The fourth-order valence-electron chi connectivity index (χ4n) is 3.18. The number of benzene rings is 1. The molecule has 0 spiro atoms. The molecule has 0 amide bonds. The fourth-order valence-corrected chi connectivity index (χ4v) is 3.18. The summed E-state index contributed by atoms with van der Waals surface area (Å²) in [5, 5.41) is 10.4. The first-order valence-electron chi connectivity index (χ1n) is 7.86. The maximum Gasteiger partial charge on any atom is 0.335 e. The first-order chi connectivity index (χ1) is 10.0. The van der Waals surface area contributed by atoms with Gasteiger partial charge in [-0.05, 0) is 49.9 Å². The lowest BCUT2D eigenvalue weighted by Crippen LogP contribution is -2.02. The van der Waals surface area contributed by atoms with Crippen molar-refractivity contribution in [2.45, 2.75) is 59.9 Å². The average molecular weight is 287 g/mol. The van der Waals surface area contributed by atoms with Crippen molar-refractivity contribution in [2.75, 3.05) is 0 Å². The Kier molecular flexibility index (Phi) is 4.71. The molecule has 0 unspecified atom stereocenters. The minimum atomic E-state index is -0.846. The van der Waals surface area contributed by atoms with E-state index >= 15 is 0 Å². The van der Waals surface area contributed by atoms with Crippen LogP contribution in [0.4, 0.5) is 0 Å². The maximum atomic E-state index is 11.3. The third-order valence-corrected chi connectivity index (χ3v) is 4.22. The highest BCUT2D eigenvalue weighted by Crippen LogP contribution is 2.31. The molecule has 0 aliphatic carbocycles. The first kappa shape index (κ1) is 15.6. The highest BCUT2D eigenvalue weighted by atomic mass is 16.4. The number of aromatic carboxylic acids is 1. The van der Waals surface area contributed by atoms with Crippen LogP contribution in [0.15, 0.2) is 12.1 Å². The summed E-state index contributed by atoms with van der Waals surface area (Å²) in [7, 11) is 0. The number of hydrogen-bond acceptors (Lipinski definition) is 1. The van der Waals surface area contributed by atoms with Gasteiger partial charge >= 0.3 is 5.97 Å². The van der Waals surface area contributed by atoms with Gasteiger partial charge in [-0.15, -0.1) is 0 Å². The van der Waals surface area contributed by atoms with Crippen LogP contribution in [0.1, 0.15) is 60.3 Å². The van der Waals surface area contributed by atoms with Crippen LogP contribution < -0.4 is 0 Å². The zero-order valence-electron chi connectivity index (χ0n) is 13.5. The molecule has 3 heteroatoms. The summed E-state index contributed by atoms with van der Waals surface area (Å²) in [6.45, 7) is 9.56. The minimum Gasteiger partial charge on any atom is -0.478 e. The van der Waals surface area contributed by atoms with Crippen LogP contribution in [-0.4, -0.2) is 15.6 Å². The summed E-state index contributed by atoms with van der Waals surface area (Å²) in [6.07, 6.45) is 4.39. The molecule has 0 bridgehead atoms. The summed E-state index contributed by atoms with van der Waals surface area (Å²) in [5.74, 6) is -0.846. The molecule has 0 aliphatic heterocycles. The van der Waals surface area contributed by atoms with Gasteiger partial charge in [-0.25, -0.2) is 4.79 Å². The van der Waals surface area contributed by atoms with Crippen molar-refractivity contribution in [3.63, 3.8) is 0 Å². The van der Waals surface area contributed by atoms with Gasteiger partial charge < -0.3 is 9.67 Å². The van der Waals surface area contributed by atoms with Crippen LogP contribution in [-0.2, 0) is 13.0 Å². The molecule has 21 heavy (non-hydrogen) atoms. The standard InChI is InChI=1S/C18H25NO2/c1-5-7-9-19-13(4)15(8-6-2)16-11-14(18(20)21)10-12(3)17(16)19/h10-11H,5-9H2,1-4H3,(H,20,21). The summed E-state index contributed by atoms with van der Waals surface area (Å²) in [6, 6.07) is 3.65. The van der Waals surface area contributed by atoms with Crippen molar-refractivity contribution < 1.29 is 9.90 Å². The van der Waals surface area contributed by atoms with Gasteiger partial charge in [0.25, 0.3) is 0 Å². The summed E-state index contributed by atoms with van der Waals surface area (Å²) < 4.78 is 2.38. The van der Waals surface area contributed by atoms with Crippen LogP contribution >= 0.6 is 0 Å². The van der Waals surface area contributed by atoms with E-state index in [0.717, 1.165) is 43.2 Å². The van der Waals surface area contributed by atoms with Crippen molar-refractivity contribution in [3.05, 3.63) is 34.5 Å². The Balaban J connectivity index is 2.73. The topological polar surface area (TPSA) is 42.2 Å². The van der Waals surface area contributed by atoms with E-state index in [0.29, 0.717) is 5.56 Å². The number of unbranched alkanes of at least 4 members (excludes halogenated alkanes) is 1. The van der Waals surface area contributed by atoms with Crippen molar-refractivity contribution in [2.24, 2.45) is 0 Å². The molecule has 2 aromatic rings. The van der Waals surface area contributed by atoms with Gasteiger partial charge in [0, 0.05) is 17.6 Å². The Bertz CT molecular complexity index is 668. The first-order valence-corrected chi connectivity index (χ1v) is 7.86. The Hall–Kier alpha value is -1.77. The number of carbonyl (C=O) groups is 1. The Morgan fingerprint density at radius 1 is 1.19 bits per heavy atom. The van der Waals surface area contributed by atoms with E-state index < -0.39 is 5.97 Å². The molecule has 114 valence electrons. The second-order valence-electron chi connectivity index (χ2n) is 5.81. The number of aryl methyl sites for hydroxylation is 3. The van der Waals surface area contributed by atoms with E-state index in [9.17, 15) is 9.90 Å². The molecule has 1 aromatic heterocycles. The van der Waals surface area contributed by atoms with Crippen molar-refractivity contribution in [1.82, 2.24) is 4.57 Å². The predicted octanol–water partition coefficient (Wildman–Crippen LogP) is 4.71. The number of carboxylic acids is 1. The number of nitrogens with zero attached hydrogens (tertiary/aromatic N) is 1. The molecule has 1 N–H and O–H groups in total. The zero-order valence-corrected chi connectivity index (χ0v) is 13.5. The highest BCUT2D eigenvalue weighted by molar-refractivity contribution is 5.97. The summed E-state index contributed by atoms with van der Waals surface area (Å²) in [4.78, 5) is 11.3. The molecule has 2 rings (SSSR count). The normalized spacial score (nSPS) is 11.2. The van der Waals surface area contributed by atoms with Gasteiger partial charge in [0.2, 0.25) is 0 Å².